The van der Waals surface area contributed by atoms with Gasteiger partial charge in [0, 0.05) is 19.3 Å². The number of likely N-dealkylation sites (tertiary alicyclic amines) is 1. The monoisotopic (exact) mass is 313 g/mol. The number of hydrogen-bond donors (Lipinski definition) is 1. The van der Waals surface area contributed by atoms with Gasteiger partial charge in [0.2, 0.25) is 0 Å². The van der Waals surface area contributed by atoms with E-state index in [0.717, 1.165) is 5.69 Å². The van der Waals surface area contributed by atoms with E-state index in [0.29, 0.717) is 18.7 Å². The number of hydrogen-bond acceptors (Lipinski definition) is 3. The third kappa shape index (κ3) is 3.26. The van der Waals surface area contributed by atoms with Crippen LogP contribution in [0.3, 0.4) is 0 Å². The Bertz CT molecular complexity index is 711. The first-order valence-electron chi connectivity index (χ1n) is 7.68. The van der Waals surface area contributed by atoms with Crippen molar-refractivity contribution in [2.45, 2.75) is 13.3 Å². The Morgan fingerprint density at radius 3 is 2.61 bits per heavy atom. The highest BCUT2D eigenvalue weighted by atomic mass is 16.4. The normalized spacial score (nSPS) is 21.2. The van der Waals surface area contributed by atoms with Crippen LogP contribution in [0.5, 0.6) is 0 Å². The van der Waals surface area contributed by atoms with Crippen LogP contribution in [-0.4, -0.2) is 44.8 Å². The molecule has 2 aromatic rings. The van der Waals surface area contributed by atoms with Gasteiger partial charge >= 0.3 is 5.97 Å². The summed E-state index contributed by atoms with van der Waals surface area (Å²) >= 11 is 0. The molecule has 1 fully saturated rings. The molecule has 2 unspecified atom stereocenters. The van der Waals surface area contributed by atoms with E-state index in [-0.39, 0.29) is 18.4 Å². The second-order valence-corrected chi connectivity index (χ2v) is 6.07. The maximum atomic E-state index is 12.6. The highest BCUT2D eigenvalue weighted by Gasteiger charge is 2.32. The Morgan fingerprint density at radius 1 is 1.17 bits per heavy atom. The summed E-state index contributed by atoms with van der Waals surface area (Å²) in [5, 5.41) is 13.5. The van der Waals surface area contributed by atoms with Gasteiger partial charge in [-0.3, -0.25) is 9.59 Å². The minimum atomic E-state index is -0.843. The van der Waals surface area contributed by atoms with Gasteiger partial charge < -0.3 is 10.0 Å². The predicted molar refractivity (Wildman–Crippen MR) is 84.4 cm³/mol. The van der Waals surface area contributed by atoms with Crippen LogP contribution >= 0.6 is 0 Å². The molecule has 3 rings (SSSR count). The second-order valence-electron chi connectivity index (χ2n) is 6.07. The summed E-state index contributed by atoms with van der Waals surface area (Å²) in [4.78, 5) is 25.5. The fourth-order valence-corrected chi connectivity index (χ4v) is 3.02. The van der Waals surface area contributed by atoms with E-state index in [4.69, 9.17) is 0 Å². The molecule has 1 aliphatic rings. The first kappa shape index (κ1) is 15.3. The molecule has 2 heterocycles. The average Bonchev–Trinajstić information content (AvgIpc) is 3.04. The van der Waals surface area contributed by atoms with Crippen molar-refractivity contribution in [3.63, 3.8) is 0 Å². The lowest BCUT2D eigenvalue weighted by molar-refractivity contribution is -0.143. The van der Waals surface area contributed by atoms with Gasteiger partial charge in [-0.2, -0.15) is 5.10 Å². The second kappa shape index (κ2) is 6.24. The van der Waals surface area contributed by atoms with Crippen LogP contribution in [0.4, 0.5) is 0 Å². The van der Waals surface area contributed by atoms with Crippen molar-refractivity contribution in [3.05, 3.63) is 48.3 Å². The van der Waals surface area contributed by atoms with E-state index >= 15 is 0 Å². The molecule has 1 aliphatic heterocycles. The molecule has 0 bridgehead atoms. The van der Waals surface area contributed by atoms with E-state index in [1.54, 1.807) is 21.8 Å². The number of aromatic nitrogens is 2. The van der Waals surface area contributed by atoms with E-state index in [1.165, 1.54) is 0 Å². The number of carboxylic acid groups (broad SMARTS) is 1. The molecule has 1 aromatic carbocycles. The number of para-hydroxylation sites is 1. The zero-order valence-electron chi connectivity index (χ0n) is 12.9. The maximum absolute atomic E-state index is 12.6. The number of carbonyl (C=O) groups excluding carboxylic acids is 1. The van der Waals surface area contributed by atoms with E-state index in [2.05, 4.69) is 5.10 Å². The summed E-state index contributed by atoms with van der Waals surface area (Å²) in [5.74, 6) is -1.38. The summed E-state index contributed by atoms with van der Waals surface area (Å²) in [6.07, 6.45) is 2.35. The molecule has 0 radical (unpaired) electrons. The topological polar surface area (TPSA) is 75.4 Å². The highest BCUT2D eigenvalue weighted by molar-refractivity contribution is 5.92. The third-order valence-corrected chi connectivity index (χ3v) is 4.13. The molecule has 1 amide bonds. The van der Waals surface area contributed by atoms with Crippen LogP contribution in [0.2, 0.25) is 0 Å². The molecule has 1 aromatic heterocycles. The minimum absolute atomic E-state index is 0.171. The van der Waals surface area contributed by atoms with Crippen LogP contribution in [0.25, 0.3) is 5.69 Å². The molecule has 1 N–H and O–H groups in total. The zero-order valence-corrected chi connectivity index (χ0v) is 12.9. The Hall–Kier alpha value is -2.63. The van der Waals surface area contributed by atoms with Gasteiger partial charge in [0.1, 0.15) is 0 Å². The fourth-order valence-electron chi connectivity index (χ4n) is 3.02. The standard InChI is InChI=1S/C17H19N3O3/c1-12-9-13(17(22)23)11-19(10-12)16(21)15-7-8-20(18-15)14-5-3-2-4-6-14/h2-8,12-13H,9-11H2,1H3,(H,22,23). The van der Waals surface area contributed by atoms with Crippen molar-refractivity contribution >= 4 is 11.9 Å². The lowest BCUT2D eigenvalue weighted by Crippen LogP contribution is -2.45. The molecule has 2 atom stereocenters. The van der Waals surface area contributed by atoms with Crippen molar-refractivity contribution in [3.8, 4) is 5.69 Å². The van der Waals surface area contributed by atoms with Gasteiger partial charge in [-0.1, -0.05) is 25.1 Å². The van der Waals surface area contributed by atoms with Crippen molar-refractivity contribution in [2.75, 3.05) is 13.1 Å². The van der Waals surface area contributed by atoms with Crippen LogP contribution in [0.1, 0.15) is 23.8 Å². The van der Waals surface area contributed by atoms with Crippen molar-refractivity contribution in [1.82, 2.24) is 14.7 Å². The summed E-state index contributed by atoms with van der Waals surface area (Å²) in [7, 11) is 0. The molecular weight excluding hydrogens is 294 g/mol. The first-order chi connectivity index (χ1) is 11.0. The van der Waals surface area contributed by atoms with Crippen LogP contribution in [-0.2, 0) is 4.79 Å². The Labute approximate surface area is 134 Å². The van der Waals surface area contributed by atoms with E-state index in [1.807, 2.05) is 37.3 Å². The van der Waals surface area contributed by atoms with Gasteiger partial charge in [-0.25, -0.2) is 4.68 Å². The molecule has 120 valence electrons. The third-order valence-electron chi connectivity index (χ3n) is 4.13. The van der Waals surface area contributed by atoms with Crippen molar-refractivity contribution in [2.24, 2.45) is 11.8 Å². The van der Waals surface area contributed by atoms with Crippen molar-refractivity contribution < 1.29 is 14.7 Å². The Balaban J connectivity index is 1.78. The largest absolute Gasteiger partial charge is 0.481 e. The maximum Gasteiger partial charge on any atom is 0.308 e. The number of amides is 1. The number of carbonyl (C=O) groups is 2. The Kier molecular flexibility index (Phi) is 4.14. The molecular formula is C17H19N3O3. The molecule has 23 heavy (non-hydrogen) atoms. The summed E-state index contributed by atoms with van der Waals surface area (Å²) in [6, 6.07) is 11.2. The van der Waals surface area contributed by atoms with Gasteiger partial charge in [0.05, 0.1) is 11.6 Å². The molecule has 6 heteroatoms. The smallest absolute Gasteiger partial charge is 0.308 e. The molecule has 6 nitrogen and oxygen atoms in total. The highest BCUT2D eigenvalue weighted by Crippen LogP contribution is 2.23. The van der Waals surface area contributed by atoms with Gasteiger partial charge in [-0.15, -0.1) is 0 Å². The first-order valence-corrected chi connectivity index (χ1v) is 7.68. The number of aliphatic carboxylic acids is 1. The molecule has 1 saturated heterocycles. The average molecular weight is 313 g/mol. The number of nitrogens with zero attached hydrogens (tertiary/aromatic N) is 3. The van der Waals surface area contributed by atoms with E-state index in [9.17, 15) is 14.7 Å². The Morgan fingerprint density at radius 2 is 1.91 bits per heavy atom. The molecule has 0 spiro atoms. The van der Waals surface area contributed by atoms with Crippen LogP contribution in [0, 0.1) is 11.8 Å². The summed E-state index contributed by atoms with van der Waals surface area (Å²) < 4.78 is 1.65. The van der Waals surface area contributed by atoms with E-state index < -0.39 is 11.9 Å². The number of carboxylic acids is 1. The fraction of sp³-hybridized carbons (Fsp3) is 0.353. The van der Waals surface area contributed by atoms with Gasteiger partial charge in [0.15, 0.2) is 5.69 Å². The van der Waals surface area contributed by atoms with Gasteiger partial charge in [-0.05, 0) is 30.5 Å². The summed E-state index contributed by atoms with van der Waals surface area (Å²) in [6.45, 7) is 2.79. The molecule has 0 aliphatic carbocycles. The van der Waals surface area contributed by atoms with Crippen molar-refractivity contribution in [1.29, 1.82) is 0 Å². The lowest BCUT2D eigenvalue weighted by atomic mass is 9.90. The van der Waals surface area contributed by atoms with Gasteiger partial charge in [0.25, 0.3) is 5.91 Å². The quantitative estimate of drug-likeness (QED) is 0.941. The van der Waals surface area contributed by atoms with Crippen LogP contribution < -0.4 is 0 Å². The number of benzene rings is 1. The van der Waals surface area contributed by atoms with Crippen LogP contribution in [0.15, 0.2) is 42.6 Å². The SMILES string of the molecule is CC1CC(C(=O)O)CN(C(=O)c2ccn(-c3ccccc3)n2)C1. The number of piperidine rings is 1. The zero-order chi connectivity index (χ0) is 16.4. The predicted octanol–water partition coefficient (Wildman–Crippen LogP) is 2.06. The minimum Gasteiger partial charge on any atom is -0.481 e. The molecule has 0 saturated carbocycles. The number of rotatable bonds is 3. The summed E-state index contributed by atoms with van der Waals surface area (Å²) in [5.41, 5.74) is 1.22. The lowest BCUT2D eigenvalue weighted by Gasteiger charge is -2.34.